The van der Waals surface area contributed by atoms with Gasteiger partial charge in [-0.1, -0.05) is 0 Å². The average Bonchev–Trinajstić information content (AvgIpc) is 2.76. The molecule has 0 unspecified atom stereocenters. The Morgan fingerprint density at radius 1 is 1.35 bits per heavy atom. The van der Waals surface area contributed by atoms with Crippen LogP contribution < -0.4 is 0 Å². The molecule has 0 amide bonds. The fourth-order valence-electron chi connectivity index (χ4n) is 0.902. The van der Waals surface area contributed by atoms with Gasteiger partial charge in [-0.25, -0.2) is 14.6 Å². The summed E-state index contributed by atoms with van der Waals surface area (Å²) in [5, 5.41) is 1.91. The number of rotatable bonds is 3. The Kier molecular flexibility index (Phi) is 5.17. The quantitative estimate of drug-likeness (QED) is 0.599. The number of hydrogen-bond donors (Lipinski definition) is 0. The predicted molar refractivity (Wildman–Crippen MR) is 61.6 cm³/mol. The molecule has 0 aromatic carbocycles. The van der Waals surface area contributed by atoms with Crippen molar-refractivity contribution in [3.63, 3.8) is 0 Å². The SMILES string of the molecule is CCOC(=O)C#Cc1nc(C(=O)OCC)cs1. The smallest absolute Gasteiger partial charge is 0.384 e. The summed E-state index contributed by atoms with van der Waals surface area (Å²) in [6.07, 6.45) is 0. The molecule has 0 fully saturated rings. The lowest BCUT2D eigenvalue weighted by molar-refractivity contribution is -0.136. The molecule has 0 aliphatic carbocycles. The van der Waals surface area contributed by atoms with Gasteiger partial charge in [0.25, 0.3) is 0 Å². The Bertz CT molecular complexity index is 469. The third kappa shape index (κ3) is 4.25. The van der Waals surface area contributed by atoms with Crippen molar-refractivity contribution < 1.29 is 19.1 Å². The van der Waals surface area contributed by atoms with Crippen molar-refractivity contribution in [2.24, 2.45) is 0 Å². The lowest BCUT2D eigenvalue weighted by atomic mass is 10.5. The molecule has 0 aliphatic rings. The van der Waals surface area contributed by atoms with Crippen LogP contribution in [0, 0.1) is 11.8 Å². The van der Waals surface area contributed by atoms with E-state index in [1.165, 1.54) is 16.7 Å². The van der Waals surface area contributed by atoms with Gasteiger partial charge in [-0.3, -0.25) is 0 Å². The molecule has 90 valence electrons. The topological polar surface area (TPSA) is 65.5 Å². The summed E-state index contributed by atoms with van der Waals surface area (Å²) in [5.74, 6) is 3.69. The van der Waals surface area contributed by atoms with Crippen LogP contribution in [0.25, 0.3) is 0 Å². The number of carbonyl (C=O) groups is 2. The average molecular weight is 253 g/mol. The van der Waals surface area contributed by atoms with Gasteiger partial charge < -0.3 is 9.47 Å². The molecule has 1 aromatic rings. The minimum atomic E-state index is -0.611. The molecular formula is C11H11NO4S. The second-order valence-corrected chi connectivity index (χ2v) is 3.59. The van der Waals surface area contributed by atoms with Gasteiger partial charge in [-0.2, -0.15) is 0 Å². The van der Waals surface area contributed by atoms with Gasteiger partial charge in [0.1, 0.15) is 0 Å². The highest BCUT2D eigenvalue weighted by atomic mass is 32.1. The van der Waals surface area contributed by atoms with Crippen molar-refractivity contribution in [2.75, 3.05) is 13.2 Å². The molecular weight excluding hydrogens is 242 g/mol. The zero-order valence-electron chi connectivity index (χ0n) is 9.48. The van der Waals surface area contributed by atoms with Gasteiger partial charge in [0, 0.05) is 11.3 Å². The molecule has 0 bridgehead atoms. The maximum atomic E-state index is 11.3. The molecule has 0 aliphatic heterocycles. The van der Waals surface area contributed by atoms with Crippen LogP contribution in [-0.4, -0.2) is 30.1 Å². The van der Waals surface area contributed by atoms with Crippen molar-refractivity contribution in [1.82, 2.24) is 4.98 Å². The maximum Gasteiger partial charge on any atom is 0.384 e. The second kappa shape index (κ2) is 6.66. The first-order chi connectivity index (χ1) is 8.17. The number of nitrogens with zero attached hydrogens (tertiary/aromatic N) is 1. The van der Waals surface area contributed by atoms with Crippen molar-refractivity contribution in [1.29, 1.82) is 0 Å². The van der Waals surface area contributed by atoms with Crippen LogP contribution in [0.4, 0.5) is 0 Å². The second-order valence-electron chi connectivity index (χ2n) is 2.73. The minimum Gasteiger partial charge on any atom is -0.461 e. The molecule has 17 heavy (non-hydrogen) atoms. The van der Waals surface area contributed by atoms with E-state index in [1.54, 1.807) is 13.8 Å². The van der Waals surface area contributed by atoms with Crippen LogP contribution in [0.3, 0.4) is 0 Å². The van der Waals surface area contributed by atoms with Gasteiger partial charge in [0.2, 0.25) is 0 Å². The highest BCUT2D eigenvalue weighted by molar-refractivity contribution is 7.10. The minimum absolute atomic E-state index is 0.199. The molecule has 5 nitrogen and oxygen atoms in total. The fraction of sp³-hybridized carbons (Fsp3) is 0.364. The number of thiazole rings is 1. The van der Waals surface area contributed by atoms with E-state index in [0.717, 1.165) is 0 Å². The molecule has 1 rings (SSSR count). The lowest BCUT2D eigenvalue weighted by Crippen LogP contribution is -2.04. The Balaban J connectivity index is 2.68. The van der Waals surface area contributed by atoms with E-state index in [0.29, 0.717) is 11.6 Å². The van der Waals surface area contributed by atoms with Gasteiger partial charge >= 0.3 is 11.9 Å². The normalized spacial score (nSPS) is 9.06. The largest absolute Gasteiger partial charge is 0.461 e. The summed E-state index contributed by atoms with van der Waals surface area (Å²) >= 11 is 1.17. The number of aromatic nitrogens is 1. The molecule has 0 atom stereocenters. The first-order valence-corrected chi connectivity index (χ1v) is 5.86. The number of ether oxygens (including phenoxy) is 2. The van der Waals surface area contributed by atoms with Gasteiger partial charge in [0.05, 0.1) is 13.2 Å². The van der Waals surface area contributed by atoms with Gasteiger partial charge in [0.15, 0.2) is 10.7 Å². The van der Waals surface area contributed by atoms with Crippen molar-refractivity contribution in [3.05, 3.63) is 16.1 Å². The van der Waals surface area contributed by atoms with Crippen LogP contribution in [-0.2, 0) is 14.3 Å². The zero-order chi connectivity index (χ0) is 12.7. The molecule has 0 saturated heterocycles. The number of esters is 2. The third-order valence-corrected chi connectivity index (χ3v) is 2.29. The van der Waals surface area contributed by atoms with E-state index in [1.807, 2.05) is 0 Å². The number of hydrogen-bond acceptors (Lipinski definition) is 6. The summed E-state index contributed by atoms with van der Waals surface area (Å²) in [4.78, 5) is 26.2. The lowest BCUT2D eigenvalue weighted by Gasteiger charge is -1.95. The molecule has 0 spiro atoms. The molecule has 0 radical (unpaired) electrons. The molecule has 1 heterocycles. The predicted octanol–water partition coefficient (Wildman–Crippen LogP) is 1.23. The highest BCUT2D eigenvalue weighted by Gasteiger charge is 2.10. The summed E-state index contributed by atoms with van der Waals surface area (Å²) in [6.45, 7) is 3.98. The Morgan fingerprint density at radius 2 is 2.06 bits per heavy atom. The van der Waals surface area contributed by atoms with Crippen LogP contribution >= 0.6 is 11.3 Å². The monoisotopic (exact) mass is 253 g/mol. The van der Waals surface area contributed by atoms with E-state index >= 15 is 0 Å². The standard InChI is InChI=1S/C11H11NO4S/c1-3-15-10(13)6-5-9-12-8(7-17-9)11(14)16-4-2/h7H,3-4H2,1-2H3. The summed E-state index contributed by atoms with van der Waals surface area (Å²) in [5.41, 5.74) is 0.199. The van der Waals surface area contributed by atoms with Gasteiger partial charge in [-0.05, 0) is 19.8 Å². The van der Waals surface area contributed by atoms with Crippen LogP contribution in [0.5, 0.6) is 0 Å². The zero-order valence-corrected chi connectivity index (χ0v) is 10.3. The van der Waals surface area contributed by atoms with E-state index in [4.69, 9.17) is 4.74 Å². The first kappa shape index (κ1) is 13.2. The Hall–Kier alpha value is -1.87. The van der Waals surface area contributed by atoms with Crippen molar-refractivity contribution in [3.8, 4) is 11.8 Å². The Labute approximate surface area is 103 Å². The summed E-state index contributed by atoms with van der Waals surface area (Å²) < 4.78 is 9.40. The molecule has 6 heteroatoms. The van der Waals surface area contributed by atoms with E-state index < -0.39 is 11.9 Å². The van der Waals surface area contributed by atoms with Crippen LogP contribution in [0.15, 0.2) is 5.38 Å². The third-order valence-electron chi connectivity index (χ3n) is 1.54. The molecule has 0 N–H and O–H groups in total. The molecule has 0 saturated carbocycles. The van der Waals surface area contributed by atoms with E-state index in [2.05, 4.69) is 21.6 Å². The highest BCUT2D eigenvalue weighted by Crippen LogP contribution is 2.09. The van der Waals surface area contributed by atoms with Crippen LogP contribution in [0.1, 0.15) is 29.3 Å². The number of carbonyl (C=O) groups excluding carboxylic acids is 2. The van der Waals surface area contributed by atoms with Crippen molar-refractivity contribution in [2.45, 2.75) is 13.8 Å². The summed E-state index contributed by atoms with van der Waals surface area (Å²) in [7, 11) is 0. The van der Waals surface area contributed by atoms with Gasteiger partial charge in [-0.15, -0.1) is 11.3 Å². The van der Waals surface area contributed by atoms with E-state index in [9.17, 15) is 9.59 Å². The Morgan fingerprint density at radius 3 is 2.71 bits per heavy atom. The maximum absolute atomic E-state index is 11.3. The van der Waals surface area contributed by atoms with Crippen LogP contribution in [0.2, 0.25) is 0 Å². The summed E-state index contributed by atoms with van der Waals surface area (Å²) in [6, 6.07) is 0. The first-order valence-electron chi connectivity index (χ1n) is 4.98. The van der Waals surface area contributed by atoms with E-state index in [-0.39, 0.29) is 12.3 Å². The molecule has 1 aromatic heterocycles. The fourth-order valence-corrected chi connectivity index (χ4v) is 1.53. The van der Waals surface area contributed by atoms with Crippen molar-refractivity contribution >= 4 is 23.3 Å².